The van der Waals surface area contributed by atoms with E-state index in [1.54, 1.807) is 0 Å². The third kappa shape index (κ3) is 2.00. The van der Waals surface area contributed by atoms with Gasteiger partial charge in [0.05, 0.1) is 11.0 Å². The van der Waals surface area contributed by atoms with Gasteiger partial charge in [-0.1, -0.05) is 15.9 Å². The number of halogens is 1. The summed E-state index contributed by atoms with van der Waals surface area (Å²) >= 11 is 3.51. The first-order valence-electron chi connectivity index (χ1n) is 5.99. The first-order valence-corrected chi connectivity index (χ1v) is 6.79. The summed E-state index contributed by atoms with van der Waals surface area (Å²) in [4.78, 5) is 8.04. The van der Waals surface area contributed by atoms with Crippen LogP contribution in [0.5, 0.6) is 0 Å². The SMILES string of the molecule is Cc1cc(Br)cc2[nH]c(CC3(N)CCC3)nc12. The molecule has 0 atom stereocenters. The Morgan fingerprint density at radius 1 is 1.47 bits per heavy atom. The highest BCUT2D eigenvalue weighted by atomic mass is 79.9. The van der Waals surface area contributed by atoms with Crippen molar-refractivity contribution in [3.8, 4) is 0 Å². The molecular formula is C13H16BrN3. The van der Waals surface area contributed by atoms with E-state index in [2.05, 4.69) is 45.0 Å². The van der Waals surface area contributed by atoms with Crippen LogP contribution < -0.4 is 5.73 Å². The lowest BCUT2D eigenvalue weighted by molar-refractivity contribution is 0.244. The Morgan fingerprint density at radius 3 is 2.88 bits per heavy atom. The second-order valence-electron chi connectivity index (χ2n) is 5.20. The van der Waals surface area contributed by atoms with Crippen LogP contribution in [-0.4, -0.2) is 15.5 Å². The maximum Gasteiger partial charge on any atom is 0.109 e. The van der Waals surface area contributed by atoms with Crippen molar-refractivity contribution in [2.45, 2.75) is 38.1 Å². The van der Waals surface area contributed by atoms with Crippen molar-refractivity contribution in [3.63, 3.8) is 0 Å². The number of H-pyrrole nitrogens is 1. The molecule has 0 amide bonds. The summed E-state index contributed by atoms with van der Waals surface area (Å²) in [7, 11) is 0. The van der Waals surface area contributed by atoms with Gasteiger partial charge >= 0.3 is 0 Å². The number of fused-ring (bicyclic) bond motifs is 1. The van der Waals surface area contributed by atoms with Crippen molar-refractivity contribution < 1.29 is 0 Å². The molecule has 3 nitrogen and oxygen atoms in total. The highest BCUT2D eigenvalue weighted by Gasteiger charge is 2.33. The molecule has 1 aliphatic rings. The van der Waals surface area contributed by atoms with E-state index in [0.717, 1.165) is 40.6 Å². The maximum atomic E-state index is 6.26. The van der Waals surface area contributed by atoms with Crippen LogP contribution in [0.2, 0.25) is 0 Å². The quantitative estimate of drug-likeness (QED) is 0.894. The van der Waals surface area contributed by atoms with Gasteiger partial charge in [-0.2, -0.15) is 0 Å². The molecule has 0 unspecified atom stereocenters. The maximum absolute atomic E-state index is 6.26. The molecule has 4 heteroatoms. The number of nitrogens with zero attached hydrogens (tertiary/aromatic N) is 1. The molecule has 2 aromatic rings. The highest BCUT2D eigenvalue weighted by molar-refractivity contribution is 9.10. The third-order valence-corrected chi connectivity index (χ3v) is 4.12. The molecule has 1 fully saturated rings. The molecule has 0 radical (unpaired) electrons. The summed E-state index contributed by atoms with van der Waals surface area (Å²) in [6.07, 6.45) is 4.35. The summed E-state index contributed by atoms with van der Waals surface area (Å²) in [5.74, 6) is 1.02. The second-order valence-corrected chi connectivity index (χ2v) is 6.11. The van der Waals surface area contributed by atoms with Gasteiger partial charge in [-0.05, 0) is 43.9 Å². The summed E-state index contributed by atoms with van der Waals surface area (Å²) in [5.41, 5.74) is 9.59. The van der Waals surface area contributed by atoms with Gasteiger partial charge in [-0.15, -0.1) is 0 Å². The summed E-state index contributed by atoms with van der Waals surface area (Å²) in [6, 6.07) is 4.16. The van der Waals surface area contributed by atoms with Crippen LogP contribution in [0.1, 0.15) is 30.7 Å². The smallest absolute Gasteiger partial charge is 0.109 e. The molecule has 17 heavy (non-hydrogen) atoms. The number of nitrogens with one attached hydrogen (secondary N) is 1. The molecule has 1 heterocycles. The summed E-state index contributed by atoms with van der Waals surface area (Å²) in [6.45, 7) is 2.08. The molecule has 1 aromatic carbocycles. The standard InChI is InChI=1S/C13H16BrN3/c1-8-5-9(14)6-10-12(8)17-11(16-10)7-13(15)3-2-4-13/h5-6H,2-4,7,15H2,1H3,(H,16,17). The van der Waals surface area contributed by atoms with E-state index in [4.69, 9.17) is 5.73 Å². The van der Waals surface area contributed by atoms with Crippen LogP contribution in [0.25, 0.3) is 11.0 Å². The zero-order chi connectivity index (χ0) is 12.0. The molecule has 3 N–H and O–H groups in total. The van der Waals surface area contributed by atoms with Crippen LogP contribution >= 0.6 is 15.9 Å². The Balaban J connectivity index is 1.99. The topological polar surface area (TPSA) is 54.7 Å². The minimum Gasteiger partial charge on any atom is -0.342 e. The molecule has 1 saturated carbocycles. The van der Waals surface area contributed by atoms with E-state index >= 15 is 0 Å². The Kier molecular flexibility index (Phi) is 2.52. The molecule has 0 bridgehead atoms. The van der Waals surface area contributed by atoms with Crippen molar-refractivity contribution in [2.75, 3.05) is 0 Å². The van der Waals surface area contributed by atoms with Crippen molar-refractivity contribution in [1.82, 2.24) is 9.97 Å². The minimum absolute atomic E-state index is 0.0149. The van der Waals surface area contributed by atoms with Crippen molar-refractivity contribution in [2.24, 2.45) is 5.73 Å². The van der Waals surface area contributed by atoms with Gasteiger partial charge in [-0.25, -0.2) is 4.98 Å². The van der Waals surface area contributed by atoms with E-state index < -0.39 is 0 Å². The van der Waals surface area contributed by atoms with Crippen LogP contribution in [0.3, 0.4) is 0 Å². The predicted octanol–water partition coefficient (Wildman–Crippen LogP) is 3.06. The number of hydrogen-bond acceptors (Lipinski definition) is 2. The van der Waals surface area contributed by atoms with E-state index in [1.807, 2.05) is 0 Å². The Morgan fingerprint density at radius 2 is 2.24 bits per heavy atom. The fraction of sp³-hybridized carbons (Fsp3) is 0.462. The minimum atomic E-state index is -0.0149. The van der Waals surface area contributed by atoms with Gasteiger partial charge in [0.1, 0.15) is 5.82 Å². The number of hydrogen-bond donors (Lipinski definition) is 2. The molecule has 3 rings (SSSR count). The third-order valence-electron chi connectivity index (χ3n) is 3.66. The first-order chi connectivity index (χ1) is 8.06. The van der Waals surface area contributed by atoms with Gasteiger partial charge in [0.15, 0.2) is 0 Å². The molecule has 0 saturated heterocycles. The van der Waals surface area contributed by atoms with Gasteiger partial charge in [-0.3, -0.25) is 0 Å². The van der Waals surface area contributed by atoms with Gasteiger partial charge in [0.2, 0.25) is 0 Å². The molecule has 1 aromatic heterocycles. The molecule has 90 valence electrons. The summed E-state index contributed by atoms with van der Waals surface area (Å²) in [5, 5.41) is 0. The van der Waals surface area contributed by atoms with Gasteiger partial charge < -0.3 is 10.7 Å². The lowest BCUT2D eigenvalue weighted by Crippen LogP contribution is -2.48. The largest absolute Gasteiger partial charge is 0.342 e. The van der Waals surface area contributed by atoms with E-state index in [0.29, 0.717) is 0 Å². The molecule has 1 aliphatic carbocycles. The van der Waals surface area contributed by atoms with Crippen LogP contribution in [0, 0.1) is 6.92 Å². The number of aromatic nitrogens is 2. The van der Waals surface area contributed by atoms with Crippen molar-refractivity contribution in [3.05, 3.63) is 28.0 Å². The van der Waals surface area contributed by atoms with Crippen molar-refractivity contribution in [1.29, 1.82) is 0 Å². The monoisotopic (exact) mass is 293 g/mol. The van der Waals surface area contributed by atoms with E-state index in [1.165, 1.54) is 12.0 Å². The number of rotatable bonds is 2. The van der Waals surface area contributed by atoms with Gasteiger partial charge in [0, 0.05) is 16.4 Å². The fourth-order valence-corrected chi connectivity index (χ4v) is 3.09. The zero-order valence-electron chi connectivity index (χ0n) is 9.89. The predicted molar refractivity (Wildman–Crippen MR) is 73.0 cm³/mol. The number of benzene rings is 1. The van der Waals surface area contributed by atoms with E-state index in [9.17, 15) is 0 Å². The fourth-order valence-electron chi connectivity index (χ4n) is 2.52. The number of imidazole rings is 1. The van der Waals surface area contributed by atoms with E-state index in [-0.39, 0.29) is 5.54 Å². The zero-order valence-corrected chi connectivity index (χ0v) is 11.5. The number of aromatic amines is 1. The Hall–Kier alpha value is -0.870. The second kappa shape index (κ2) is 3.82. The lowest BCUT2D eigenvalue weighted by atomic mass is 9.75. The van der Waals surface area contributed by atoms with Crippen LogP contribution in [-0.2, 0) is 6.42 Å². The first kappa shape index (κ1) is 11.2. The van der Waals surface area contributed by atoms with Gasteiger partial charge in [0.25, 0.3) is 0 Å². The summed E-state index contributed by atoms with van der Waals surface area (Å²) < 4.78 is 1.09. The molecule has 0 aliphatic heterocycles. The highest BCUT2D eigenvalue weighted by Crippen LogP contribution is 2.32. The number of nitrogens with two attached hydrogens (primary N) is 1. The number of aryl methyl sites for hydroxylation is 1. The average molecular weight is 294 g/mol. The molecular weight excluding hydrogens is 278 g/mol. The Labute approximate surface area is 109 Å². The van der Waals surface area contributed by atoms with Crippen molar-refractivity contribution >= 4 is 27.0 Å². The average Bonchev–Trinajstić information content (AvgIpc) is 2.58. The lowest BCUT2D eigenvalue weighted by Gasteiger charge is -2.37. The Bertz CT molecular complexity index is 569. The molecule has 0 spiro atoms. The normalized spacial score (nSPS) is 18.3. The van der Waals surface area contributed by atoms with Crippen LogP contribution in [0.15, 0.2) is 16.6 Å². The van der Waals surface area contributed by atoms with Crippen LogP contribution in [0.4, 0.5) is 0 Å².